The highest BCUT2D eigenvalue weighted by molar-refractivity contribution is 14.1. The molecule has 3 heterocycles. The number of nitrogens with one attached hydrogen (secondary N) is 3. The van der Waals surface area contributed by atoms with Crippen LogP contribution in [0.1, 0.15) is 40.9 Å². The first-order chi connectivity index (χ1) is 19.8. The molecule has 1 aliphatic heterocycles. The molecule has 0 atom stereocenters. The van der Waals surface area contributed by atoms with Crippen molar-refractivity contribution in [1.82, 2.24) is 20.6 Å². The number of hydrogen-bond donors (Lipinski definition) is 3. The van der Waals surface area contributed by atoms with Gasteiger partial charge >= 0.3 is 0 Å². The molecule has 5 rings (SSSR count). The Balaban J connectivity index is 1.08. The van der Waals surface area contributed by atoms with E-state index in [-0.39, 0.29) is 29.0 Å². The van der Waals surface area contributed by atoms with E-state index in [0.717, 1.165) is 14.9 Å². The molecule has 1 fully saturated rings. The average Bonchev–Trinajstić information content (AvgIpc) is 3.77. The first kappa shape index (κ1) is 30.3. The summed E-state index contributed by atoms with van der Waals surface area (Å²) in [5.41, 5.74) is 4.06. The van der Waals surface area contributed by atoms with Crippen molar-refractivity contribution in [3.05, 3.63) is 96.3 Å². The van der Waals surface area contributed by atoms with Crippen molar-refractivity contribution in [2.75, 3.05) is 11.5 Å². The van der Waals surface area contributed by atoms with Crippen molar-refractivity contribution < 1.29 is 22.7 Å². The molecule has 9 nitrogen and oxygen atoms in total. The largest absolute Gasteiger partial charge is 0.486 e. The number of aromatic nitrogens is 1. The molecule has 2 aromatic heterocycles. The second-order valence-electron chi connectivity index (χ2n) is 8.53. The normalized spacial score (nSPS) is 13.7. The Hall–Kier alpha value is -2.15. The third-order valence-corrected chi connectivity index (χ3v) is 13.1. The van der Waals surface area contributed by atoms with Gasteiger partial charge in [-0.1, -0.05) is 12.1 Å². The van der Waals surface area contributed by atoms with Crippen LogP contribution in [0.2, 0.25) is 0 Å². The lowest BCUT2D eigenvalue weighted by atomic mass is 10.2. The standard InChI is InChI=1S/C26H23IN4O5S5/c27-18-5-1-16(2-6-18)24(32)28-13-20-9-10-23(40-20)41(34,35)31-30-25(33)21-15-39-22(29-21)14-36-19-7-3-17(4-8-19)26-37-11-12-38-26/h1-10,15,26,31H,11-14H2,(H,28,32)(H,30,33). The zero-order valence-electron chi connectivity index (χ0n) is 21.2. The summed E-state index contributed by atoms with van der Waals surface area (Å²) in [6.45, 7) is 0.359. The Kier molecular flexibility index (Phi) is 10.3. The number of rotatable bonds is 11. The van der Waals surface area contributed by atoms with Crippen LogP contribution in [-0.2, 0) is 23.2 Å². The number of amides is 2. The third kappa shape index (κ3) is 8.24. The summed E-state index contributed by atoms with van der Waals surface area (Å²) < 4.78 is 32.7. The molecule has 2 aromatic carbocycles. The minimum atomic E-state index is -4.02. The van der Waals surface area contributed by atoms with Gasteiger partial charge in [-0.25, -0.2) is 13.4 Å². The summed E-state index contributed by atoms with van der Waals surface area (Å²) >= 11 is 8.29. The molecule has 3 N–H and O–H groups in total. The number of sulfonamides is 1. The Morgan fingerprint density at radius 1 is 0.976 bits per heavy atom. The van der Waals surface area contributed by atoms with Crippen LogP contribution in [0.15, 0.2) is 70.3 Å². The Labute approximate surface area is 267 Å². The van der Waals surface area contributed by atoms with Crippen molar-refractivity contribution in [3.63, 3.8) is 0 Å². The molecule has 1 saturated heterocycles. The number of carbonyl (C=O) groups is 2. The van der Waals surface area contributed by atoms with Gasteiger partial charge in [-0.3, -0.25) is 15.0 Å². The highest BCUT2D eigenvalue weighted by Crippen LogP contribution is 2.45. The average molecular weight is 759 g/mol. The van der Waals surface area contributed by atoms with Gasteiger partial charge in [0.05, 0.1) is 11.1 Å². The summed E-state index contributed by atoms with van der Waals surface area (Å²) in [6, 6.07) is 18.1. The maximum absolute atomic E-state index is 12.7. The van der Waals surface area contributed by atoms with Gasteiger partial charge in [0.15, 0.2) is 0 Å². The number of benzene rings is 2. The van der Waals surface area contributed by atoms with Crippen molar-refractivity contribution in [2.45, 2.75) is 21.9 Å². The van der Waals surface area contributed by atoms with E-state index in [1.54, 1.807) is 23.6 Å². The van der Waals surface area contributed by atoms with Crippen LogP contribution >= 0.6 is 68.8 Å². The van der Waals surface area contributed by atoms with Crippen LogP contribution in [0, 0.1) is 3.57 Å². The molecule has 0 bridgehead atoms. The van der Waals surface area contributed by atoms with Crippen LogP contribution in [0.4, 0.5) is 0 Å². The first-order valence-electron chi connectivity index (χ1n) is 12.1. The van der Waals surface area contributed by atoms with Crippen molar-refractivity contribution >= 4 is 90.6 Å². The maximum Gasteiger partial charge on any atom is 0.285 e. The fourth-order valence-electron chi connectivity index (χ4n) is 3.59. The van der Waals surface area contributed by atoms with Crippen molar-refractivity contribution in [1.29, 1.82) is 0 Å². The number of halogens is 1. The van der Waals surface area contributed by atoms with Crippen LogP contribution in [-0.4, -0.2) is 36.7 Å². The Bertz CT molecular complexity index is 1620. The van der Waals surface area contributed by atoms with E-state index in [0.29, 0.717) is 25.8 Å². The number of carbonyl (C=O) groups excluding carboxylic acids is 2. The highest BCUT2D eigenvalue weighted by Gasteiger charge is 2.20. The summed E-state index contributed by atoms with van der Waals surface area (Å²) in [4.78, 5) is 31.8. The summed E-state index contributed by atoms with van der Waals surface area (Å²) in [7, 11) is -4.02. The zero-order valence-corrected chi connectivity index (χ0v) is 27.4. The number of thiophene rings is 1. The SMILES string of the molecule is O=C(NCc1ccc(S(=O)(=O)NNC(=O)c2csc(COc3ccc(C4SCCS4)cc3)n2)s1)c1ccc(I)cc1. The van der Waals surface area contributed by atoms with E-state index in [4.69, 9.17) is 4.74 Å². The van der Waals surface area contributed by atoms with Crippen molar-refractivity contribution in [2.24, 2.45) is 0 Å². The molecule has 0 radical (unpaired) electrons. The molecular formula is C26H23IN4O5S5. The predicted molar refractivity (Wildman–Crippen MR) is 173 cm³/mol. The van der Waals surface area contributed by atoms with E-state index in [2.05, 4.69) is 55.3 Å². The molecule has 1 aliphatic rings. The lowest BCUT2D eigenvalue weighted by Crippen LogP contribution is -2.41. The van der Waals surface area contributed by atoms with Crippen LogP contribution in [0.5, 0.6) is 5.75 Å². The maximum atomic E-state index is 12.7. The van der Waals surface area contributed by atoms with Gasteiger partial charge in [-0.05, 0) is 76.7 Å². The van der Waals surface area contributed by atoms with E-state index < -0.39 is 15.9 Å². The second-order valence-corrected chi connectivity index (χ2v) is 16.5. The highest BCUT2D eigenvalue weighted by atomic mass is 127. The molecule has 214 valence electrons. The van der Waals surface area contributed by atoms with Gasteiger partial charge < -0.3 is 10.1 Å². The summed E-state index contributed by atoms with van der Waals surface area (Å²) in [5, 5.41) is 4.90. The third-order valence-electron chi connectivity index (χ3n) is 5.65. The van der Waals surface area contributed by atoms with Crippen LogP contribution in [0.3, 0.4) is 0 Å². The molecular weight excluding hydrogens is 736 g/mol. The van der Waals surface area contributed by atoms with Gasteiger partial charge in [0, 0.05) is 30.9 Å². The number of thiazole rings is 1. The Morgan fingerprint density at radius 2 is 1.71 bits per heavy atom. The van der Waals surface area contributed by atoms with Gasteiger partial charge in [-0.2, -0.15) is 0 Å². The molecule has 0 spiro atoms. The topological polar surface area (TPSA) is 126 Å². The van der Waals surface area contributed by atoms with Gasteiger partial charge in [0.25, 0.3) is 21.8 Å². The monoisotopic (exact) mass is 758 g/mol. The number of hydrazine groups is 1. The summed E-state index contributed by atoms with van der Waals surface area (Å²) in [6.07, 6.45) is 0. The zero-order chi connectivity index (χ0) is 28.8. The molecule has 0 saturated carbocycles. The van der Waals surface area contributed by atoms with Crippen LogP contribution < -0.4 is 20.3 Å². The fourth-order valence-corrected chi connectivity index (χ4v) is 9.63. The number of hydrogen-bond acceptors (Lipinski definition) is 10. The number of thioether (sulfide) groups is 2. The summed E-state index contributed by atoms with van der Waals surface area (Å²) in [5.74, 6) is 2.10. The quantitative estimate of drug-likeness (QED) is 0.137. The van der Waals surface area contributed by atoms with Gasteiger partial charge in [-0.15, -0.1) is 51.0 Å². The van der Waals surface area contributed by atoms with Gasteiger partial charge in [0.1, 0.15) is 27.3 Å². The van der Waals surface area contributed by atoms with Crippen molar-refractivity contribution in [3.8, 4) is 5.75 Å². The Morgan fingerprint density at radius 3 is 2.44 bits per heavy atom. The van der Waals surface area contributed by atoms with Gasteiger partial charge in [0.2, 0.25) is 0 Å². The van der Waals surface area contributed by atoms with E-state index in [1.807, 2.05) is 47.8 Å². The number of ether oxygens (including phenoxy) is 1. The smallest absolute Gasteiger partial charge is 0.285 e. The fraction of sp³-hybridized carbons (Fsp3) is 0.192. The predicted octanol–water partition coefficient (Wildman–Crippen LogP) is 5.42. The molecule has 2 amide bonds. The molecule has 0 unspecified atom stereocenters. The molecule has 41 heavy (non-hydrogen) atoms. The van der Waals surface area contributed by atoms with Crippen LogP contribution in [0.25, 0.3) is 0 Å². The van der Waals surface area contributed by atoms with E-state index in [9.17, 15) is 18.0 Å². The van der Waals surface area contributed by atoms with E-state index >= 15 is 0 Å². The minimum absolute atomic E-state index is 0.000169. The lowest BCUT2D eigenvalue weighted by Gasteiger charge is -2.09. The number of nitrogens with zero attached hydrogens (tertiary/aromatic N) is 1. The minimum Gasteiger partial charge on any atom is -0.486 e. The second kappa shape index (κ2) is 13.9. The molecule has 4 aromatic rings. The molecule has 0 aliphatic carbocycles. The molecule has 15 heteroatoms. The first-order valence-corrected chi connectivity index (χ1v) is 18.5. The van der Waals surface area contributed by atoms with E-state index in [1.165, 1.54) is 34.5 Å². The lowest BCUT2D eigenvalue weighted by molar-refractivity contribution is 0.0936.